The van der Waals surface area contributed by atoms with Gasteiger partial charge in [-0.2, -0.15) is 0 Å². The molecule has 4 rings (SSSR count). The number of hydrogen-bond acceptors (Lipinski definition) is 5. The molecule has 6 nitrogen and oxygen atoms in total. The van der Waals surface area contributed by atoms with Crippen LogP contribution < -0.4 is 16.8 Å². The van der Waals surface area contributed by atoms with Gasteiger partial charge in [-0.25, -0.2) is 4.79 Å². The number of benzene rings is 1. The van der Waals surface area contributed by atoms with E-state index in [0.717, 1.165) is 47.1 Å². The lowest BCUT2D eigenvalue weighted by Crippen LogP contribution is -2.43. The number of nitrogens with two attached hydrogens (primary N) is 2. The van der Waals surface area contributed by atoms with Gasteiger partial charge in [0, 0.05) is 37.3 Å². The largest absolute Gasteiger partial charge is 0.478 e. The van der Waals surface area contributed by atoms with Crippen molar-refractivity contribution in [3.8, 4) is 0 Å². The smallest absolute Gasteiger partial charge is 0.335 e. The Kier molecular flexibility index (Phi) is 4.72. The molecule has 2 aliphatic rings. The Bertz CT molecular complexity index is 928. The molecule has 2 aromatic rings. The van der Waals surface area contributed by atoms with Gasteiger partial charge in [-0.1, -0.05) is 24.2 Å². The first-order valence-corrected chi connectivity index (χ1v) is 9.27. The minimum Gasteiger partial charge on any atom is -0.478 e. The molecule has 0 fully saturated rings. The van der Waals surface area contributed by atoms with Crippen molar-refractivity contribution >= 4 is 12.7 Å². The molecule has 2 aliphatic heterocycles. The average molecular weight is 362 g/mol. The molecule has 1 aromatic carbocycles. The lowest BCUT2D eigenvalue weighted by molar-refractivity contribution is 0.0695. The highest BCUT2D eigenvalue weighted by molar-refractivity contribution is 6.67. The number of aromatic carboxylic acids is 1. The number of allylic oxidation sites excluding steroid dienone is 1. The summed E-state index contributed by atoms with van der Waals surface area (Å²) < 4.78 is 0. The minimum absolute atomic E-state index is 0.318. The molecular formula is C20H23BN4O2. The second-order valence-electron chi connectivity index (χ2n) is 7.30. The number of rotatable bonds is 5. The Morgan fingerprint density at radius 3 is 2.93 bits per heavy atom. The summed E-state index contributed by atoms with van der Waals surface area (Å²) in [5.41, 5.74) is 18.2. The quantitative estimate of drug-likeness (QED) is 0.590. The fourth-order valence-electron chi connectivity index (χ4n) is 4.29. The highest BCUT2D eigenvalue weighted by Gasteiger charge is 2.36. The highest BCUT2D eigenvalue weighted by atomic mass is 16.4. The molecule has 0 saturated carbocycles. The van der Waals surface area contributed by atoms with Gasteiger partial charge in [0.25, 0.3) is 0 Å². The van der Waals surface area contributed by atoms with Gasteiger partial charge >= 0.3 is 5.97 Å². The van der Waals surface area contributed by atoms with Crippen molar-refractivity contribution in [1.82, 2.24) is 10.3 Å². The summed E-state index contributed by atoms with van der Waals surface area (Å²) in [7, 11) is 0. The van der Waals surface area contributed by atoms with Crippen LogP contribution >= 0.6 is 0 Å². The van der Waals surface area contributed by atoms with Crippen LogP contribution in [0.2, 0.25) is 0 Å². The van der Waals surface area contributed by atoms with E-state index in [4.69, 9.17) is 11.5 Å². The monoisotopic (exact) mass is 362 g/mol. The summed E-state index contributed by atoms with van der Waals surface area (Å²) in [6.45, 7) is 1.14. The van der Waals surface area contributed by atoms with Crippen LogP contribution in [0.25, 0.3) is 0 Å². The van der Waals surface area contributed by atoms with Crippen LogP contribution in [0.15, 0.2) is 42.1 Å². The zero-order valence-corrected chi connectivity index (χ0v) is 15.1. The van der Waals surface area contributed by atoms with Gasteiger partial charge in [0.15, 0.2) is 6.71 Å². The molecule has 7 heteroatoms. The molecule has 1 aromatic heterocycles. The van der Waals surface area contributed by atoms with Crippen LogP contribution in [0.4, 0.5) is 0 Å². The number of aromatic nitrogens is 1. The molecule has 3 heterocycles. The van der Waals surface area contributed by atoms with E-state index >= 15 is 0 Å². The molecule has 138 valence electrons. The number of nitrogens with zero attached hydrogens (tertiary/aromatic N) is 1. The van der Waals surface area contributed by atoms with E-state index < -0.39 is 5.97 Å². The van der Waals surface area contributed by atoms with E-state index in [1.54, 1.807) is 6.07 Å². The van der Waals surface area contributed by atoms with Crippen LogP contribution in [0, 0.1) is 0 Å². The van der Waals surface area contributed by atoms with Gasteiger partial charge in [-0.05, 0) is 41.1 Å². The van der Waals surface area contributed by atoms with Crippen molar-refractivity contribution in [1.29, 1.82) is 0 Å². The van der Waals surface area contributed by atoms with Crippen LogP contribution in [-0.4, -0.2) is 28.7 Å². The standard InChI is InChI=1S/C20H23BN4O2/c22-9-14-4-12(11-24-18(14)10-23)5-15-7-21-8-17-13(6-19(21)25-15)2-1-3-16(17)20(26)27/h1-4,7,11,19,25H,5-6,8-10,22-23H2,(H,26,27). The second-order valence-corrected chi connectivity index (χ2v) is 7.30. The van der Waals surface area contributed by atoms with Crippen LogP contribution in [0.3, 0.4) is 0 Å². The number of fused-ring (bicyclic) bond motifs is 2. The lowest BCUT2D eigenvalue weighted by atomic mass is 9.39. The SMILES string of the molecule is NCc1cc(CC2=CB3Cc4c(cccc4C(=O)O)CC3N2)cnc1CN. The molecular weight excluding hydrogens is 339 g/mol. The van der Waals surface area contributed by atoms with E-state index in [1.165, 1.54) is 5.70 Å². The van der Waals surface area contributed by atoms with Crippen molar-refractivity contribution in [2.24, 2.45) is 11.5 Å². The molecule has 0 amide bonds. The summed E-state index contributed by atoms with van der Waals surface area (Å²) in [5.74, 6) is 1.73. The Morgan fingerprint density at radius 2 is 2.19 bits per heavy atom. The molecule has 0 saturated heterocycles. The normalized spacial score (nSPS) is 17.8. The van der Waals surface area contributed by atoms with Crippen molar-refractivity contribution < 1.29 is 9.90 Å². The molecule has 1 atom stereocenters. The van der Waals surface area contributed by atoms with Gasteiger partial charge in [0.05, 0.1) is 11.3 Å². The number of carbonyl (C=O) groups is 1. The first-order chi connectivity index (χ1) is 13.1. The highest BCUT2D eigenvalue weighted by Crippen LogP contribution is 2.29. The molecule has 1 unspecified atom stereocenters. The topological polar surface area (TPSA) is 114 Å². The third kappa shape index (κ3) is 3.36. The number of hydrogen-bond donors (Lipinski definition) is 4. The van der Waals surface area contributed by atoms with Crippen LogP contribution in [-0.2, 0) is 32.3 Å². The predicted molar refractivity (Wildman–Crippen MR) is 105 cm³/mol. The zero-order valence-electron chi connectivity index (χ0n) is 15.1. The number of carboxylic acid groups (broad SMARTS) is 1. The molecule has 0 spiro atoms. The van der Waals surface area contributed by atoms with Gasteiger partial charge in [-0.15, -0.1) is 0 Å². The van der Waals surface area contributed by atoms with E-state index in [9.17, 15) is 9.90 Å². The van der Waals surface area contributed by atoms with Crippen molar-refractivity contribution in [2.75, 3.05) is 0 Å². The van der Waals surface area contributed by atoms with E-state index in [-0.39, 0.29) is 0 Å². The maximum absolute atomic E-state index is 11.5. The average Bonchev–Trinajstić information content (AvgIpc) is 3.06. The number of carboxylic acids is 1. The van der Waals surface area contributed by atoms with Gasteiger partial charge < -0.3 is 21.9 Å². The maximum Gasteiger partial charge on any atom is 0.335 e. The van der Waals surface area contributed by atoms with Crippen LogP contribution in [0.1, 0.15) is 38.3 Å². The van der Waals surface area contributed by atoms with Crippen molar-refractivity contribution in [2.45, 2.75) is 38.2 Å². The fraction of sp³-hybridized carbons (Fsp3) is 0.300. The van der Waals surface area contributed by atoms with Crippen molar-refractivity contribution in [3.05, 3.63) is 75.6 Å². The molecule has 27 heavy (non-hydrogen) atoms. The number of nitrogens with one attached hydrogen (secondary N) is 1. The van der Waals surface area contributed by atoms with E-state index in [1.807, 2.05) is 18.3 Å². The van der Waals surface area contributed by atoms with E-state index in [0.29, 0.717) is 31.3 Å². The first kappa shape index (κ1) is 17.8. The Balaban J connectivity index is 1.54. The fourth-order valence-corrected chi connectivity index (χ4v) is 4.29. The summed E-state index contributed by atoms with van der Waals surface area (Å²) in [5, 5.41) is 13.1. The predicted octanol–water partition coefficient (Wildman–Crippen LogP) is 1.01. The summed E-state index contributed by atoms with van der Waals surface area (Å²) >= 11 is 0. The van der Waals surface area contributed by atoms with E-state index in [2.05, 4.69) is 22.3 Å². The lowest BCUT2D eigenvalue weighted by Gasteiger charge is -2.27. The summed E-state index contributed by atoms with van der Waals surface area (Å²) in [6.07, 6.45) is 4.24. The first-order valence-electron chi connectivity index (χ1n) is 9.27. The Labute approximate surface area is 158 Å². The molecule has 6 N–H and O–H groups in total. The van der Waals surface area contributed by atoms with Gasteiger partial charge in [0.2, 0.25) is 0 Å². The zero-order chi connectivity index (χ0) is 19.0. The van der Waals surface area contributed by atoms with Crippen LogP contribution in [0.5, 0.6) is 0 Å². The second kappa shape index (κ2) is 7.17. The molecule has 0 bridgehead atoms. The molecule has 0 radical (unpaired) electrons. The summed E-state index contributed by atoms with van der Waals surface area (Å²) in [4.78, 5) is 16.0. The van der Waals surface area contributed by atoms with Gasteiger partial charge in [-0.3, -0.25) is 4.98 Å². The maximum atomic E-state index is 11.5. The Morgan fingerprint density at radius 1 is 1.33 bits per heavy atom. The Hall–Kier alpha value is -2.64. The third-order valence-electron chi connectivity index (χ3n) is 5.61. The number of pyridine rings is 1. The third-order valence-corrected chi connectivity index (χ3v) is 5.61. The summed E-state index contributed by atoms with van der Waals surface area (Å²) in [6, 6.07) is 7.66. The van der Waals surface area contributed by atoms with Crippen molar-refractivity contribution in [3.63, 3.8) is 0 Å². The minimum atomic E-state index is -0.846. The molecule has 0 aliphatic carbocycles. The van der Waals surface area contributed by atoms with Gasteiger partial charge in [0.1, 0.15) is 0 Å².